The number of nitrogens with zero attached hydrogens (tertiary/aromatic N) is 5. The van der Waals surface area contributed by atoms with Gasteiger partial charge in [-0.25, -0.2) is 0 Å². The van der Waals surface area contributed by atoms with Crippen molar-refractivity contribution in [1.29, 1.82) is 5.26 Å². The molecule has 34 heavy (non-hydrogen) atoms. The summed E-state index contributed by atoms with van der Waals surface area (Å²) in [5.74, 6) is -0.482. The van der Waals surface area contributed by atoms with Crippen LogP contribution in [0.3, 0.4) is 0 Å². The Hall–Kier alpha value is -2.90. The van der Waals surface area contributed by atoms with Crippen LogP contribution in [0.25, 0.3) is 5.57 Å². The third-order valence-corrected chi connectivity index (χ3v) is 7.02. The average Bonchev–Trinajstić information content (AvgIpc) is 3.41. The van der Waals surface area contributed by atoms with E-state index in [1.165, 1.54) is 28.3 Å². The summed E-state index contributed by atoms with van der Waals surface area (Å²) in [6.07, 6.45) is 0.154. The molecule has 2 aromatic rings. The minimum absolute atomic E-state index is 0.0402. The van der Waals surface area contributed by atoms with Gasteiger partial charge in [0.15, 0.2) is 5.69 Å². The van der Waals surface area contributed by atoms with E-state index in [1.807, 2.05) is 19.0 Å². The molecule has 1 aliphatic heterocycles. The lowest BCUT2D eigenvalue weighted by Crippen LogP contribution is -2.37. The van der Waals surface area contributed by atoms with Gasteiger partial charge >= 0.3 is 6.18 Å². The fourth-order valence-corrected chi connectivity index (χ4v) is 5.06. The van der Waals surface area contributed by atoms with E-state index in [4.69, 9.17) is 0 Å². The summed E-state index contributed by atoms with van der Waals surface area (Å²) in [4.78, 5) is 17.9. The first kappa shape index (κ1) is 25.7. The first-order valence-electron chi connectivity index (χ1n) is 10.9. The van der Waals surface area contributed by atoms with Crippen molar-refractivity contribution in [3.05, 3.63) is 56.6 Å². The van der Waals surface area contributed by atoms with Gasteiger partial charge in [0, 0.05) is 48.3 Å². The molecule has 0 saturated carbocycles. The third kappa shape index (κ3) is 5.42. The van der Waals surface area contributed by atoms with E-state index < -0.39 is 11.9 Å². The lowest BCUT2D eigenvalue weighted by molar-refractivity contribution is -0.141. The van der Waals surface area contributed by atoms with Crippen LogP contribution in [0.1, 0.15) is 53.3 Å². The van der Waals surface area contributed by atoms with E-state index in [2.05, 4.69) is 11.2 Å². The van der Waals surface area contributed by atoms with Crippen molar-refractivity contribution < 1.29 is 18.0 Å². The molecule has 0 saturated heterocycles. The smallest absolute Gasteiger partial charge is 0.333 e. The molecule has 2 aromatic heterocycles. The fraction of sp³-hybridized carbons (Fsp3) is 0.458. The number of nitriles is 1. The molecule has 0 bridgehead atoms. The zero-order valence-corrected chi connectivity index (χ0v) is 20.7. The van der Waals surface area contributed by atoms with Crippen molar-refractivity contribution in [1.82, 2.24) is 19.6 Å². The molecule has 0 aromatic carbocycles. The highest BCUT2D eigenvalue weighted by atomic mass is 32.1. The number of carbonyl (C=O) groups is 1. The van der Waals surface area contributed by atoms with Crippen molar-refractivity contribution in [2.24, 2.45) is 0 Å². The van der Waals surface area contributed by atoms with Crippen molar-refractivity contribution in [3.8, 4) is 6.07 Å². The van der Waals surface area contributed by atoms with E-state index in [0.717, 1.165) is 16.0 Å². The Kier molecular flexibility index (Phi) is 7.68. The number of hydrogen-bond acceptors (Lipinski definition) is 5. The molecule has 0 spiro atoms. The third-order valence-electron chi connectivity index (χ3n) is 5.98. The van der Waals surface area contributed by atoms with Gasteiger partial charge in [-0.2, -0.15) is 23.5 Å². The van der Waals surface area contributed by atoms with Gasteiger partial charge in [0.25, 0.3) is 0 Å². The maximum Gasteiger partial charge on any atom is 0.435 e. The molecule has 10 heteroatoms. The van der Waals surface area contributed by atoms with Crippen LogP contribution in [0.2, 0.25) is 0 Å². The second-order valence-corrected chi connectivity index (χ2v) is 9.73. The second kappa shape index (κ2) is 10.2. The predicted molar refractivity (Wildman–Crippen MR) is 126 cm³/mol. The summed E-state index contributed by atoms with van der Waals surface area (Å²) in [6, 6.07) is 3.95. The number of hydrogen-bond donors (Lipinski definition) is 0. The number of halogens is 3. The number of aryl methyl sites for hydroxylation is 1. The molecule has 3 heterocycles. The summed E-state index contributed by atoms with van der Waals surface area (Å²) in [5, 5.41) is 13.2. The minimum atomic E-state index is -4.58. The van der Waals surface area contributed by atoms with Crippen molar-refractivity contribution in [2.45, 2.75) is 46.0 Å². The van der Waals surface area contributed by atoms with Crippen LogP contribution in [0.5, 0.6) is 0 Å². The molecule has 0 unspecified atom stereocenters. The summed E-state index contributed by atoms with van der Waals surface area (Å²) in [5.41, 5.74) is 1.23. The van der Waals surface area contributed by atoms with Crippen molar-refractivity contribution in [2.75, 3.05) is 27.2 Å². The maximum atomic E-state index is 13.7. The molecule has 1 atom stereocenters. The van der Waals surface area contributed by atoms with E-state index in [-0.39, 0.29) is 17.4 Å². The molecular formula is C24H28F3N5OS. The van der Waals surface area contributed by atoms with Gasteiger partial charge in [-0.15, -0.1) is 11.3 Å². The second-order valence-electron chi connectivity index (χ2n) is 8.59. The van der Waals surface area contributed by atoms with Gasteiger partial charge in [0.2, 0.25) is 5.91 Å². The lowest BCUT2D eigenvalue weighted by atomic mass is 9.84. The van der Waals surface area contributed by atoms with Gasteiger partial charge in [-0.3, -0.25) is 9.48 Å². The monoisotopic (exact) mass is 491 g/mol. The first-order valence-corrected chi connectivity index (χ1v) is 11.7. The highest BCUT2D eigenvalue weighted by Gasteiger charge is 2.38. The zero-order chi connectivity index (χ0) is 25.2. The van der Waals surface area contributed by atoms with Crippen LogP contribution < -0.4 is 0 Å². The van der Waals surface area contributed by atoms with Gasteiger partial charge in [-0.05, 0) is 52.1 Å². The Bertz CT molecular complexity index is 1170. The quantitative estimate of drug-likeness (QED) is 0.540. The number of alkyl halides is 3. The van der Waals surface area contributed by atoms with E-state index >= 15 is 0 Å². The molecule has 1 aliphatic rings. The van der Waals surface area contributed by atoms with Crippen LogP contribution in [0.4, 0.5) is 13.2 Å². The SMILES string of the molecule is CCn1cc(/C(C)=C(/C)[C@@H]2CN(C(=O)/C=C/CN(C)C)Cc3sc(C#N)cc32)c(C(F)(F)F)n1. The topological polar surface area (TPSA) is 65.2 Å². The molecule has 0 aliphatic carbocycles. The summed E-state index contributed by atoms with van der Waals surface area (Å²) >= 11 is 1.32. The average molecular weight is 492 g/mol. The predicted octanol–water partition coefficient (Wildman–Crippen LogP) is 4.89. The number of fused-ring (bicyclic) bond motifs is 1. The van der Waals surface area contributed by atoms with Crippen molar-refractivity contribution in [3.63, 3.8) is 0 Å². The number of likely N-dealkylation sites (N-methyl/N-ethyl adjacent to an activating group) is 1. The maximum absolute atomic E-state index is 13.7. The Labute approximate surface area is 201 Å². The molecule has 1 amide bonds. The largest absolute Gasteiger partial charge is 0.435 e. The number of thiophene rings is 1. The minimum Gasteiger partial charge on any atom is -0.333 e. The summed E-state index contributed by atoms with van der Waals surface area (Å²) < 4.78 is 42.4. The Morgan fingerprint density at radius 3 is 2.68 bits per heavy atom. The van der Waals surface area contributed by atoms with Crippen LogP contribution >= 0.6 is 11.3 Å². The molecule has 3 rings (SSSR count). The summed E-state index contributed by atoms with van der Waals surface area (Å²) in [7, 11) is 3.81. The normalized spacial score (nSPS) is 17.2. The molecule has 0 radical (unpaired) electrons. The summed E-state index contributed by atoms with van der Waals surface area (Å²) in [6.45, 7) is 6.83. The number of amides is 1. The van der Waals surface area contributed by atoms with Gasteiger partial charge < -0.3 is 9.80 Å². The Morgan fingerprint density at radius 1 is 1.38 bits per heavy atom. The van der Waals surface area contributed by atoms with Gasteiger partial charge in [0.05, 0.1) is 6.54 Å². The van der Waals surface area contributed by atoms with Gasteiger partial charge in [0.1, 0.15) is 10.9 Å². The van der Waals surface area contributed by atoms with Crippen LogP contribution in [-0.4, -0.2) is 52.7 Å². The number of carbonyl (C=O) groups excluding carboxylic acids is 1. The molecule has 0 N–H and O–H groups in total. The number of rotatable bonds is 6. The standard InChI is InChI=1S/C24H28F3N5OS/c1-6-32-13-20(23(29-32)24(25,26)27)16(3)15(2)19-12-31(22(33)8-7-9-30(4)5)14-21-18(19)10-17(11-28)34-21/h7-8,10,13,19H,6,9,12,14H2,1-5H3/b8-7+,16-15-/t19-/m0/s1. The molecule has 0 fully saturated rings. The zero-order valence-electron chi connectivity index (χ0n) is 19.9. The molecule has 182 valence electrons. The highest BCUT2D eigenvalue weighted by molar-refractivity contribution is 7.12. The van der Waals surface area contributed by atoms with E-state index in [9.17, 15) is 23.2 Å². The van der Waals surface area contributed by atoms with E-state index in [1.54, 1.807) is 37.8 Å². The lowest BCUT2D eigenvalue weighted by Gasteiger charge is -2.33. The first-order chi connectivity index (χ1) is 16.0. The highest BCUT2D eigenvalue weighted by Crippen LogP contribution is 2.42. The van der Waals surface area contributed by atoms with Crippen LogP contribution in [0, 0.1) is 11.3 Å². The molecule has 6 nitrogen and oxygen atoms in total. The van der Waals surface area contributed by atoms with Crippen molar-refractivity contribution >= 4 is 22.8 Å². The van der Waals surface area contributed by atoms with Gasteiger partial charge in [-0.1, -0.05) is 11.6 Å². The fourth-order valence-electron chi connectivity index (χ4n) is 4.02. The number of allylic oxidation sites excluding steroid dienone is 1. The van der Waals surface area contributed by atoms with Crippen LogP contribution in [-0.2, 0) is 24.1 Å². The van der Waals surface area contributed by atoms with E-state index in [0.29, 0.717) is 36.6 Å². The Balaban J connectivity index is 2.05. The molecular weight excluding hydrogens is 463 g/mol. The number of aromatic nitrogens is 2. The van der Waals surface area contributed by atoms with Crippen LogP contribution in [0.15, 0.2) is 30.0 Å². The Morgan fingerprint density at radius 2 is 2.09 bits per heavy atom.